The lowest BCUT2D eigenvalue weighted by Gasteiger charge is -2.41. The molecule has 76 valence electrons. The molecule has 1 unspecified atom stereocenters. The third kappa shape index (κ3) is 1.26. The van der Waals surface area contributed by atoms with E-state index in [0.29, 0.717) is 12.8 Å². The molecule has 0 saturated heterocycles. The molecule has 14 heavy (non-hydrogen) atoms. The van der Waals surface area contributed by atoms with E-state index < -0.39 is 28.9 Å². The van der Waals surface area contributed by atoms with Crippen LogP contribution in [0.15, 0.2) is 23.7 Å². The molecule has 3 nitrogen and oxygen atoms in total. The van der Waals surface area contributed by atoms with Gasteiger partial charge in [0.25, 0.3) is 0 Å². The number of aliphatic hydroxyl groups is 2. The van der Waals surface area contributed by atoms with Crippen LogP contribution >= 0.6 is 0 Å². The second kappa shape index (κ2) is 2.92. The van der Waals surface area contributed by atoms with Crippen LogP contribution in [0, 0.1) is 5.92 Å². The lowest BCUT2D eigenvalue weighted by molar-refractivity contribution is -0.132. The number of hydrogen-bond acceptors (Lipinski definition) is 3. The van der Waals surface area contributed by atoms with Crippen LogP contribution in [0.25, 0.3) is 0 Å². The number of carbonyl (C=O) groups excluding carboxylic acids is 1. The van der Waals surface area contributed by atoms with Gasteiger partial charge in [0.2, 0.25) is 0 Å². The Hall–Kier alpha value is -1.16. The Kier molecular flexibility index (Phi) is 1.96. The molecule has 2 aliphatic carbocycles. The first-order valence-corrected chi connectivity index (χ1v) is 4.57. The molecule has 2 aliphatic rings. The molecule has 0 aliphatic heterocycles. The largest absolute Gasteiger partial charge is 0.505 e. The summed E-state index contributed by atoms with van der Waals surface area (Å²) in [5.41, 5.74) is -1.09. The minimum Gasteiger partial charge on any atom is -0.505 e. The summed E-state index contributed by atoms with van der Waals surface area (Å²) in [5.74, 6) is -2.72. The Morgan fingerprint density at radius 2 is 2.14 bits per heavy atom. The smallest absolute Gasteiger partial charge is 0.169 e. The lowest BCUT2D eigenvalue weighted by Crippen LogP contribution is -2.47. The molecule has 4 heteroatoms. The Labute approximate surface area is 80.5 Å². The molecular weight excluding hydrogens is 187 g/mol. The molecule has 0 amide bonds. The molecule has 1 atom stereocenters. The maximum Gasteiger partial charge on any atom is 0.169 e. The van der Waals surface area contributed by atoms with Crippen LogP contribution in [0.2, 0.25) is 0 Å². The van der Waals surface area contributed by atoms with Gasteiger partial charge in [-0.2, -0.15) is 0 Å². The molecular formula is C10H11FO3. The third-order valence-electron chi connectivity index (χ3n) is 2.94. The Morgan fingerprint density at radius 3 is 2.64 bits per heavy atom. The number of carbonyl (C=O) groups is 1. The van der Waals surface area contributed by atoms with Crippen molar-refractivity contribution in [1.29, 1.82) is 0 Å². The molecule has 2 N–H and O–H groups in total. The number of halogens is 1. The van der Waals surface area contributed by atoms with Gasteiger partial charge in [0, 0.05) is 6.08 Å². The first-order valence-electron chi connectivity index (χ1n) is 4.57. The molecule has 0 heterocycles. The highest BCUT2D eigenvalue weighted by atomic mass is 19.1. The summed E-state index contributed by atoms with van der Waals surface area (Å²) < 4.78 is 13.0. The van der Waals surface area contributed by atoms with Crippen molar-refractivity contribution in [2.24, 2.45) is 5.92 Å². The summed E-state index contributed by atoms with van der Waals surface area (Å²) in [4.78, 5) is 11.4. The molecule has 0 radical (unpaired) electrons. The van der Waals surface area contributed by atoms with Crippen molar-refractivity contribution in [3.05, 3.63) is 23.7 Å². The van der Waals surface area contributed by atoms with Crippen molar-refractivity contribution in [3.8, 4) is 0 Å². The van der Waals surface area contributed by atoms with E-state index in [9.17, 15) is 14.3 Å². The summed E-state index contributed by atoms with van der Waals surface area (Å²) in [5, 5.41) is 18.8. The Balaban J connectivity index is 2.26. The second-order valence-corrected chi connectivity index (χ2v) is 3.88. The topological polar surface area (TPSA) is 57.5 Å². The van der Waals surface area contributed by atoms with Gasteiger partial charge in [0.05, 0.1) is 11.5 Å². The van der Waals surface area contributed by atoms with Gasteiger partial charge in [-0.25, -0.2) is 4.39 Å². The highest BCUT2D eigenvalue weighted by Gasteiger charge is 2.45. The average Bonchev–Trinajstić information content (AvgIpc) is 2.07. The highest BCUT2D eigenvalue weighted by Crippen LogP contribution is 2.41. The first-order chi connectivity index (χ1) is 6.53. The van der Waals surface area contributed by atoms with E-state index in [4.69, 9.17) is 5.11 Å². The van der Waals surface area contributed by atoms with E-state index in [1.807, 2.05) is 0 Å². The van der Waals surface area contributed by atoms with Crippen LogP contribution in [0.1, 0.15) is 19.3 Å². The minimum absolute atomic E-state index is 0.425. The average molecular weight is 198 g/mol. The monoisotopic (exact) mass is 198 g/mol. The lowest BCUT2D eigenvalue weighted by atomic mass is 9.68. The van der Waals surface area contributed by atoms with E-state index >= 15 is 0 Å². The summed E-state index contributed by atoms with van der Waals surface area (Å²) in [6.07, 6.45) is 3.74. The van der Waals surface area contributed by atoms with E-state index in [1.54, 1.807) is 0 Å². The summed E-state index contributed by atoms with van der Waals surface area (Å²) in [6, 6.07) is 0. The maximum absolute atomic E-state index is 13.0. The van der Waals surface area contributed by atoms with E-state index in [0.717, 1.165) is 18.6 Å². The second-order valence-electron chi connectivity index (χ2n) is 3.88. The summed E-state index contributed by atoms with van der Waals surface area (Å²) >= 11 is 0. The third-order valence-corrected chi connectivity index (χ3v) is 2.94. The van der Waals surface area contributed by atoms with Crippen molar-refractivity contribution in [1.82, 2.24) is 0 Å². The molecule has 1 saturated carbocycles. The molecule has 0 aromatic heterocycles. The number of hydrogen-bond donors (Lipinski definition) is 2. The van der Waals surface area contributed by atoms with Crippen LogP contribution in [-0.2, 0) is 4.79 Å². The molecule has 2 rings (SSSR count). The van der Waals surface area contributed by atoms with Crippen LogP contribution < -0.4 is 0 Å². The zero-order chi connectivity index (χ0) is 10.3. The van der Waals surface area contributed by atoms with Gasteiger partial charge < -0.3 is 10.2 Å². The molecule has 0 aromatic carbocycles. The molecule has 0 spiro atoms. The quantitative estimate of drug-likeness (QED) is 0.669. The Bertz CT molecular complexity index is 339. The number of ketones is 1. The first kappa shape index (κ1) is 9.40. The zero-order valence-electron chi connectivity index (χ0n) is 7.53. The maximum atomic E-state index is 13.0. The van der Waals surface area contributed by atoms with Crippen molar-refractivity contribution < 1.29 is 19.4 Å². The SMILES string of the molecule is O=C1C=C(O)C(F)=CC1C1(O)CCC1. The molecule has 0 aromatic rings. The van der Waals surface area contributed by atoms with Crippen LogP contribution in [0.5, 0.6) is 0 Å². The summed E-state index contributed by atoms with van der Waals surface area (Å²) in [7, 11) is 0. The van der Waals surface area contributed by atoms with Gasteiger partial charge >= 0.3 is 0 Å². The predicted octanol–water partition coefficient (Wildman–Crippen LogP) is 1.40. The highest BCUT2D eigenvalue weighted by molar-refractivity contribution is 5.96. The van der Waals surface area contributed by atoms with Gasteiger partial charge in [-0.3, -0.25) is 4.79 Å². The molecule has 1 fully saturated rings. The number of aliphatic hydroxyl groups excluding tert-OH is 1. The normalized spacial score (nSPS) is 30.4. The van der Waals surface area contributed by atoms with Crippen LogP contribution in [0.3, 0.4) is 0 Å². The van der Waals surface area contributed by atoms with E-state index in [2.05, 4.69) is 0 Å². The van der Waals surface area contributed by atoms with E-state index in [-0.39, 0.29) is 0 Å². The minimum atomic E-state index is -1.09. The van der Waals surface area contributed by atoms with Crippen LogP contribution in [-0.4, -0.2) is 21.6 Å². The number of rotatable bonds is 1. The predicted molar refractivity (Wildman–Crippen MR) is 47.2 cm³/mol. The number of allylic oxidation sites excluding steroid dienone is 2. The van der Waals surface area contributed by atoms with Gasteiger partial charge in [-0.15, -0.1) is 0 Å². The van der Waals surface area contributed by atoms with Crippen molar-refractivity contribution in [3.63, 3.8) is 0 Å². The van der Waals surface area contributed by atoms with Crippen molar-refractivity contribution in [2.75, 3.05) is 0 Å². The summed E-state index contributed by atoms with van der Waals surface area (Å²) in [6.45, 7) is 0. The fourth-order valence-electron chi connectivity index (χ4n) is 1.88. The fraction of sp³-hybridized carbons (Fsp3) is 0.500. The standard InChI is InChI=1S/C10H11FO3/c11-7-4-6(8(12)5-9(7)13)10(14)2-1-3-10/h4-6,13-14H,1-3H2. The molecule has 0 bridgehead atoms. The Morgan fingerprint density at radius 1 is 1.50 bits per heavy atom. The van der Waals surface area contributed by atoms with Gasteiger partial charge in [-0.1, -0.05) is 0 Å². The van der Waals surface area contributed by atoms with Gasteiger partial charge in [-0.05, 0) is 25.3 Å². The van der Waals surface area contributed by atoms with Crippen molar-refractivity contribution in [2.45, 2.75) is 24.9 Å². The van der Waals surface area contributed by atoms with Gasteiger partial charge in [0.1, 0.15) is 0 Å². The van der Waals surface area contributed by atoms with Crippen molar-refractivity contribution >= 4 is 5.78 Å². The van der Waals surface area contributed by atoms with Crippen LogP contribution in [0.4, 0.5) is 4.39 Å². The van der Waals surface area contributed by atoms with Gasteiger partial charge in [0.15, 0.2) is 17.4 Å². The zero-order valence-corrected chi connectivity index (χ0v) is 7.53. The fourth-order valence-corrected chi connectivity index (χ4v) is 1.88. The van der Waals surface area contributed by atoms with E-state index in [1.165, 1.54) is 0 Å².